The lowest BCUT2D eigenvalue weighted by Crippen LogP contribution is -1.84. The van der Waals surface area contributed by atoms with Crippen molar-refractivity contribution in [3.05, 3.63) is 36.4 Å². The van der Waals surface area contributed by atoms with Crippen LogP contribution in [0.5, 0.6) is 0 Å². The van der Waals surface area contributed by atoms with Gasteiger partial charge in [-0.1, -0.05) is 0 Å². The van der Waals surface area contributed by atoms with Gasteiger partial charge in [-0.25, -0.2) is 4.39 Å². The first kappa shape index (κ1) is 9.67. The molecule has 1 N–H and O–H groups in total. The van der Waals surface area contributed by atoms with E-state index in [2.05, 4.69) is 15.2 Å². The number of nitrogens with one attached hydrogen (secondary N) is 1. The molecule has 0 radical (unpaired) electrons. The molecule has 2 rings (SSSR count). The van der Waals surface area contributed by atoms with Crippen molar-refractivity contribution in [2.24, 2.45) is 0 Å². The van der Waals surface area contributed by atoms with Crippen LogP contribution in [0, 0.1) is 5.82 Å². The van der Waals surface area contributed by atoms with Crippen LogP contribution in [-0.2, 0) is 0 Å². The van der Waals surface area contributed by atoms with Crippen LogP contribution < -0.4 is 0 Å². The van der Waals surface area contributed by atoms with Crippen LogP contribution in [0.1, 0.15) is 0 Å². The Morgan fingerprint density at radius 3 is 2.62 bits per heavy atom. The number of pyridine rings is 1. The maximum Gasteiger partial charge on any atom is 0.141 e. The first-order valence-corrected chi connectivity index (χ1v) is 3.47. The average Bonchev–Trinajstić information content (AvgIpc) is 2.58. The van der Waals surface area contributed by atoms with Gasteiger partial charge in [0.05, 0.1) is 17.6 Å². The number of aromatic nitrogens is 3. The van der Waals surface area contributed by atoms with Crippen molar-refractivity contribution in [1.82, 2.24) is 15.2 Å². The number of hydrogen-bond acceptors (Lipinski definition) is 2. The lowest BCUT2D eigenvalue weighted by Gasteiger charge is -1.93. The summed E-state index contributed by atoms with van der Waals surface area (Å²) in [6.07, 6.45) is 2.80. The van der Waals surface area contributed by atoms with E-state index in [0.29, 0.717) is 5.69 Å². The zero-order chi connectivity index (χ0) is 8.39. The number of nitrogens with zero attached hydrogens (tertiary/aromatic N) is 2. The van der Waals surface area contributed by atoms with E-state index >= 15 is 0 Å². The third kappa shape index (κ3) is 2.03. The van der Waals surface area contributed by atoms with Crippen molar-refractivity contribution in [3.63, 3.8) is 0 Å². The molecular formula is C8H7ClFN3. The van der Waals surface area contributed by atoms with E-state index in [1.807, 2.05) is 0 Å². The van der Waals surface area contributed by atoms with Gasteiger partial charge in [0, 0.05) is 6.20 Å². The molecule has 0 saturated heterocycles. The summed E-state index contributed by atoms with van der Waals surface area (Å²) in [5, 5.41) is 6.50. The first-order chi connectivity index (χ1) is 5.86. The van der Waals surface area contributed by atoms with E-state index in [-0.39, 0.29) is 18.2 Å². The molecule has 2 heterocycles. The molecule has 0 aliphatic rings. The quantitative estimate of drug-likeness (QED) is 0.764. The first-order valence-electron chi connectivity index (χ1n) is 3.47. The van der Waals surface area contributed by atoms with E-state index in [1.54, 1.807) is 18.3 Å². The molecule has 0 unspecified atom stereocenters. The van der Waals surface area contributed by atoms with Gasteiger partial charge in [0.2, 0.25) is 0 Å². The van der Waals surface area contributed by atoms with Crippen LogP contribution >= 0.6 is 12.4 Å². The van der Waals surface area contributed by atoms with Crippen molar-refractivity contribution in [2.75, 3.05) is 0 Å². The Bertz CT molecular complexity index is 357. The summed E-state index contributed by atoms with van der Waals surface area (Å²) in [7, 11) is 0. The fourth-order valence-corrected chi connectivity index (χ4v) is 0.934. The van der Waals surface area contributed by atoms with Gasteiger partial charge in [-0.05, 0) is 18.2 Å². The second-order valence-electron chi connectivity index (χ2n) is 2.33. The Morgan fingerprint density at radius 1 is 1.23 bits per heavy atom. The highest BCUT2D eigenvalue weighted by atomic mass is 35.5. The van der Waals surface area contributed by atoms with Gasteiger partial charge >= 0.3 is 0 Å². The van der Waals surface area contributed by atoms with Gasteiger partial charge < -0.3 is 0 Å². The standard InChI is InChI=1S/C8H6FN3.ClH/c9-6-1-2-7(10-5-6)8-3-4-11-12-8;/h1-5H,(H,11,12);1H. The highest BCUT2D eigenvalue weighted by Crippen LogP contribution is 2.11. The maximum absolute atomic E-state index is 12.4. The molecule has 68 valence electrons. The Morgan fingerprint density at radius 2 is 2.08 bits per heavy atom. The minimum atomic E-state index is -0.335. The van der Waals surface area contributed by atoms with Crippen LogP contribution in [0.25, 0.3) is 11.4 Å². The van der Waals surface area contributed by atoms with Gasteiger partial charge in [0.25, 0.3) is 0 Å². The summed E-state index contributed by atoms with van der Waals surface area (Å²) in [6.45, 7) is 0. The Hall–Kier alpha value is -1.42. The lowest BCUT2D eigenvalue weighted by atomic mass is 10.3. The summed E-state index contributed by atoms with van der Waals surface area (Å²) >= 11 is 0. The van der Waals surface area contributed by atoms with Gasteiger partial charge in [-0.2, -0.15) is 5.10 Å². The number of hydrogen-bond donors (Lipinski definition) is 1. The largest absolute Gasteiger partial charge is 0.276 e. The van der Waals surface area contributed by atoms with Gasteiger partial charge in [-0.15, -0.1) is 12.4 Å². The van der Waals surface area contributed by atoms with E-state index in [9.17, 15) is 4.39 Å². The van der Waals surface area contributed by atoms with Crippen molar-refractivity contribution in [3.8, 4) is 11.4 Å². The molecule has 2 aromatic rings. The highest BCUT2D eigenvalue weighted by molar-refractivity contribution is 5.85. The molecule has 2 aromatic heterocycles. The van der Waals surface area contributed by atoms with Crippen molar-refractivity contribution in [1.29, 1.82) is 0 Å². The van der Waals surface area contributed by atoms with Crippen LogP contribution in [0.2, 0.25) is 0 Å². The minimum Gasteiger partial charge on any atom is -0.276 e. The molecule has 0 saturated carbocycles. The van der Waals surface area contributed by atoms with Crippen molar-refractivity contribution in [2.45, 2.75) is 0 Å². The molecule has 13 heavy (non-hydrogen) atoms. The smallest absolute Gasteiger partial charge is 0.141 e. The Labute approximate surface area is 80.4 Å². The second-order valence-corrected chi connectivity index (χ2v) is 2.33. The fraction of sp³-hybridized carbons (Fsp3) is 0. The fourth-order valence-electron chi connectivity index (χ4n) is 0.934. The highest BCUT2D eigenvalue weighted by Gasteiger charge is 1.98. The van der Waals surface area contributed by atoms with E-state index in [4.69, 9.17) is 0 Å². The van der Waals surface area contributed by atoms with E-state index < -0.39 is 0 Å². The number of rotatable bonds is 1. The number of aromatic amines is 1. The molecule has 0 bridgehead atoms. The molecule has 0 amide bonds. The van der Waals surface area contributed by atoms with Gasteiger partial charge in [-0.3, -0.25) is 10.1 Å². The Balaban J connectivity index is 0.000000845. The van der Waals surface area contributed by atoms with E-state index in [0.717, 1.165) is 5.69 Å². The zero-order valence-corrected chi connectivity index (χ0v) is 7.38. The summed E-state index contributed by atoms with van der Waals surface area (Å²) in [5.41, 5.74) is 1.48. The molecule has 5 heteroatoms. The maximum atomic E-state index is 12.4. The normalized spacial score (nSPS) is 9.31. The zero-order valence-electron chi connectivity index (χ0n) is 6.57. The van der Waals surface area contributed by atoms with Crippen LogP contribution in [0.15, 0.2) is 30.6 Å². The monoisotopic (exact) mass is 199 g/mol. The van der Waals surface area contributed by atoms with Crippen molar-refractivity contribution >= 4 is 12.4 Å². The van der Waals surface area contributed by atoms with Gasteiger partial charge in [0.15, 0.2) is 0 Å². The van der Waals surface area contributed by atoms with E-state index in [1.165, 1.54) is 12.3 Å². The number of H-pyrrole nitrogens is 1. The second kappa shape index (κ2) is 4.00. The van der Waals surface area contributed by atoms with Gasteiger partial charge in [0.1, 0.15) is 5.82 Å². The number of halogens is 2. The average molecular weight is 200 g/mol. The summed E-state index contributed by atoms with van der Waals surface area (Å²) in [4.78, 5) is 3.87. The van der Waals surface area contributed by atoms with Crippen LogP contribution in [-0.4, -0.2) is 15.2 Å². The predicted octanol–water partition coefficient (Wildman–Crippen LogP) is 2.03. The third-order valence-electron chi connectivity index (χ3n) is 1.50. The third-order valence-corrected chi connectivity index (χ3v) is 1.50. The Kier molecular flexibility index (Phi) is 2.97. The van der Waals surface area contributed by atoms with Crippen molar-refractivity contribution < 1.29 is 4.39 Å². The van der Waals surface area contributed by atoms with Crippen LogP contribution in [0.3, 0.4) is 0 Å². The molecule has 0 aromatic carbocycles. The molecule has 0 spiro atoms. The summed E-state index contributed by atoms with van der Waals surface area (Å²) < 4.78 is 12.4. The molecule has 0 aliphatic heterocycles. The SMILES string of the molecule is Cl.Fc1ccc(-c2ccn[nH]2)nc1. The molecule has 0 fully saturated rings. The summed E-state index contributed by atoms with van der Waals surface area (Å²) in [6, 6.07) is 4.74. The lowest BCUT2D eigenvalue weighted by molar-refractivity contribution is 0.622. The topological polar surface area (TPSA) is 41.6 Å². The predicted molar refractivity (Wildman–Crippen MR) is 49.0 cm³/mol. The molecule has 0 atom stereocenters. The minimum absolute atomic E-state index is 0. The molecule has 0 aliphatic carbocycles. The summed E-state index contributed by atoms with van der Waals surface area (Å²) in [5.74, 6) is -0.335. The molecular weight excluding hydrogens is 193 g/mol. The molecule has 3 nitrogen and oxygen atoms in total. The van der Waals surface area contributed by atoms with Crippen LogP contribution in [0.4, 0.5) is 4.39 Å².